The Morgan fingerprint density at radius 2 is 1.54 bits per heavy atom. The minimum absolute atomic E-state index is 0.206. The lowest BCUT2D eigenvalue weighted by atomic mass is 9.92. The summed E-state index contributed by atoms with van der Waals surface area (Å²) in [7, 11) is 0. The summed E-state index contributed by atoms with van der Waals surface area (Å²) < 4.78 is 91.6. The molecule has 0 atom stereocenters. The first kappa shape index (κ1) is 20.8. The molecular weight excluding hydrogens is 411 g/mol. The first-order valence-corrected chi connectivity index (χ1v) is 9.04. The van der Waals surface area contributed by atoms with Gasteiger partial charge in [0.25, 0.3) is 5.60 Å². The highest BCUT2D eigenvalue weighted by molar-refractivity contribution is 7.99. The second-order valence-corrected chi connectivity index (χ2v) is 7.42. The van der Waals surface area contributed by atoms with Crippen LogP contribution in [0.2, 0.25) is 0 Å². The standard InChI is InChI=1S/C18H14F7NOS/c19-13-4-1-11(2-5-13)10-26-7-8-28-15-9-12(3-6-14(15)26)16(27,17(20,21)22)18(23,24)25/h1-6,9,27H,7-8,10H2. The molecule has 0 radical (unpaired) electrons. The molecule has 0 fully saturated rings. The lowest BCUT2D eigenvalue weighted by Gasteiger charge is -2.35. The number of halogens is 7. The zero-order valence-electron chi connectivity index (χ0n) is 14.1. The minimum atomic E-state index is -5.92. The summed E-state index contributed by atoms with van der Waals surface area (Å²) in [4.78, 5) is 1.99. The summed E-state index contributed by atoms with van der Waals surface area (Å²) in [6.45, 7) is 0.827. The average molecular weight is 425 g/mol. The third-order valence-electron chi connectivity index (χ3n) is 4.44. The van der Waals surface area contributed by atoms with Crippen LogP contribution in [-0.4, -0.2) is 29.8 Å². The number of fused-ring (bicyclic) bond motifs is 1. The van der Waals surface area contributed by atoms with Crippen LogP contribution < -0.4 is 4.90 Å². The van der Waals surface area contributed by atoms with E-state index in [-0.39, 0.29) is 4.90 Å². The highest BCUT2D eigenvalue weighted by Gasteiger charge is 2.71. The molecular formula is C18H14F7NOS. The fraction of sp³-hybridized carbons (Fsp3) is 0.333. The maximum atomic E-state index is 13.1. The summed E-state index contributed by atoms with van der Waals surface area (Å²) in [5.41, 5.74) is -5.03. The Bertz CT molecular complexity index is 834. The van der Waals surface area contributed by atoms with Crippen LogP contribution in [0.5, 0.6) is 0 Å². The van der Waals surface area contributed by atoms with Crippen molar-refractivity contribution in [3.8, 4) is 0 Å². The monoisotopic (exact) mass is 425 g/mol. The Balaban J connectivity index is 1.97. The SMILES string of the molecule is OC(c1ccc2c(c1)SCCN2Cc1ccc(F)cc1)(C(F)(F)F)C(F)(F)F. The predicted octanol–water partition coefficient (Wildman–Crippen LogP) is 5.25. The van der Waals surface area contributed by atoms with Gasteiger partial charge in [-0.1, -0.05) is 18.2 Å². The van der Waals surface area contributed by atoms with Gasteiger partial charge in [-0.05, 0) is 29.8 Å². The highest BCUT2D eigenvalue weighted by Crippen LogP contribution is 2.51. The van der Waals surface area contributed by atoms with Gasteiger partial charge in [-0.3, -0.25) is 0 Å². The van der Waals surface area contributed by atoms with Crippen molar-refractivity contribution in [2.45, 2.75) is 29.4 Å². The van der Waals surface area contributed by atoms with Crippen molar-refractivity contribution in [3.05, 3.63) is 59.4 Å². The van der Waals surface area contributed by atoms with E-state index in [1.165, 1.54) is 12.1 Å². The molecule has 0 spiro atoms. The van der Waals surface area contributed by atoms with Gasteiger partial charge in [-0.2, -0.15) is 26.3 Å². The van der Waals surface area contributed by atoms with Gasteiger partial charge in [0.05, 0.1) is 5.69 Å². The molecule has 1 aliphatic heterocycles. The van der Waals surface area contributed by atoms with E-state index in [1.807, 2.05) is 0 Å². The van der Waals surface area contributed by atoms with Gasteiger partial charge >= 0.3 is 12.4 Å². The van der Waals surface area contributed by atoms with Crippen molar-refractivity contribution >= 4 is 17.4 Å². The molecule has 1 N–H and O–H groups in total. The Hall–Kier alpha value is -1.94. The molecule has 152 valence electrons. The van der Waals surface area contributed by atoms with Crippen molar-refractivity contribution < 1.29 is 35.8 Å². The van der Waals surface area contributed by atoms with Gasteiger partial charge in [0.1, 0.15) is 5.82 Å². The molecule has 0 saturated heterocycles. The van der Waals surface area contributed by atoms with Gasteiger partial charge in [-0.25, -0.2) is 4.39 Å². The number of thioether (sulfide) groups is 1. The average Bonchev–Trinajstić information content (AvgIpc) is 2.61. The fourth-order valence-corrected chi connectivity index (χ4v) is 4.05. The van der Waals surface area contributed by atoms with Crippen LogP contribution in [0.3, 0.4) is 0 Å². The summed E-state index contributed by atoms with van der Waals surface area (Å²) in [5.74, 6) is 0.0234. The molecule has 2 nitrogen and oxygen atoms in total. The molecule has 0 amide bonds. The van der Waals surface area contributed by atoms with Crippen molar-refractivity contribution in [2.75, 3.05) is 17.2 Å². The van der Waals surface area contributed by atoms with Gasteiger partial charge in [-0.15, -0.1) is 11.8 Å². The van der Waals surface area contributed by atoms with Crippen LogP contribution in [0.15, 0.2) is 47.4 Å². The van der Waals surface area contributed by atoms with Crippen LogP contribution in [-0.2, 0) is 12.1 Å². The summed E-state index contributed by atoms with van der Waals surface area (Å²) in [5, 5.41) is 9.58. The third-order valence-corrected chi connectivity index (χ3v) is 5.47. The molecule has 0 aromatic heterocycles. The Morgan fingerprint density at radius 1 is 0.929 bits per heavy atom. The van der Waals surface area contributed by atoms with Crippen molar-refractivity contribution in [1.29, 1.82) is 0 Å². The van der Waals surface area contributed by atoms with Gasteiger partial charge < -0.3 is 10.0 Å². The Labute approximate surface area is 160 Å². The number of alkyl halides is 6. The van der Waals surface area contributed by atoms with Crippen molar-refractivity contribution in [2.24, 2.45) is 0 Å². The minimum Gasteiger partial charge on any atom is -0.369 e. The van der Waals surface area contributed by atoms with Crippen molar-refractivity contribution in [1.82, 2.24) is 0 Å². The van der Waals surface area contributed by atoms with Crippen LogP contribution in [0.4, 0.5) is 36.4 Å². The third kappa shape index (κ3) is 3.67. The molecule has 0 saturated carbocycles. The smallest absolute Gasteiger partial charge is 0.369 e. The number of hydrogen-bond donors (Lipinski definition) is 1. The van der Waals surface area contributed by atoms with Gasteiger partial charge in [0.2, 0.25) is 0 Å². The van der Waals surface area contributed by atoms with Crippen LogP contribution in [0, 0.1) is 5.82 Å². The van der Waals surface area contributed by atoms with Crippen LogP contribution in [0.25, 0.3) is 0 Å². The zero-order valence-corrected chi connectivity index (χ0v) is 14.9. The van der Waals surface area contributed by atoms with E-state index in [0.29, 0.717) is 30.6 Å². The van der Waals surface area contributed by atoms with E-state index >= 15 is 0 Å². The second kappa shape index (κ2) is 7.14. The molecule has 2 aromatic rings. The zero-order chi connectivity index (χ0) is 20.7. The number of rotatable bonds is 3. The van der Waals surface area contributed by atoms with Crippen molar-refractivity contribution in [3.63, 3.8) is 0 Å². The summed E-state index contributed by atoms with van der Waals surface area (Å²) >= 11 is 1.11. The molecule has 2 aromatic carbocycles. The van der Waals surface area contributed by atoms with E-state index in [9.17, 15) is 35.8 Å². The largest absolute Gasteiger partial charge is 0.430 e. The van der Waals surface area contributed by atoms with E-state index in [1.54, 1.807) is 17.0 Å². The van der Waals surface area contributed by atoms with E-state index in [4.69, 9.17) is 0 Å². The maximum Gasteiger partial charge on any atom is 0.430 e. The van der Waals surface area contributed by atoms with Gasteiger partial charge in [0.15, 0.2) is 0 Å². The molecule has 0 bridgehead atoms. The molecule has 0 aliphatic carbocycles. The first-order chi connectivity index (χ1) is 12.9. The maximum absolute atomic E-state index is 13.1. The molecule has 1 aliphatic rings. The molecule has 1 heterocycles. The highest BCUT2D eigenvalue weighted by atomic mass is 32.2. The number of anilines is 1. The lowest BCUT2D eigenvalue weighted by Crippen LogP contribution is -2.54. The number of nitrogens with zero attached hydrogens (tertiary/aromatic N) is 1. The van der Waals surface area contributed by atoms with E-state index in [0.717, 1.165) is 29.5 Å². The first-order valence-electron chi connectivity index (χ1n) is 8.06. The molecule has 28 heavy (non-hydrogen) atoms. The fourth-order valence-electron chi connectivity index (χ4n) is 2.96. The summed E-state index contributed by atoms with van der Waals surface area (Å²) in [6.07, 6.45) is -11.8. The quantitative estimate of drug-likeness (QED) is 0.680. The molecule has 3 rings (SSSR count). The number of benzene rings is 2. The van der Waals surface area contributed by atoms with E-state index in [2.05, 4.69) is 0 Å². The summed E-state index contributed by atoms with van der Waals surface area (Å²) in [6, 6.07) is 8.16. The molecule has 0 unspecified atom stereocenters. The molecule has 10 heteroatoms. The number of aliphatic hydroxyl groups is 1. The number of hydrogen-bond acceptors (Lipinski definition) is 3. The second-order valence-electron chi connectivity index (χ2n) is 6.28. The van der Waals surface area contributed by atoms with E-state index < -0.39 is 29.3 Å². The van der Waals surface area contributed by atoms with Crippen LogP contribution >= 0.6 is 11.8 Å². The Morgan fingerprint density at radius 3 is 2.11 bits per heavy atom. The normalized spacial score (nSPS) is 15.5. The Kier molecular flexibility index (Phi) is 5.30. The lowest BCUT2D eigenvalue weighted by molar-refractivity contribution is -0.376. The predicted molar refractivity (Wildman–Crippen MR) is 90.6 cm³/mol. The van der Waals surface area contributed by atoms with Gasteiger partial charge in [0, 0.05) is 29.3 Å². The van der Waals surface area contributed by atoms with Crippen LogP contribution in [0.1, 0.15) is 11.1 Å². The topological polar surface area (TPSA) is 23.5 Å².